The molecule has 0 spiro atoms. The Morgan fingerprint density at radius 2 is 1.17 bits per heavy atom. The molecule has 4 aromatic rings. The van der Waals surface area contributed by atoms with Gasteiger partial charge in [0.05, 0.1) is 0 Å². The van der Waals surface area contributed by atoms with E-state index in [2.05, 4.69) is 53.1 Å². The van der Waals surface area contributed by atoms with Crippen LogP contribution >= 0.6 is 0 Å². The van der Waals surface area contributed by atoms with E-state index in [9.17, 15) is 14.0 Å². The summed E-state index contributed by atoms with van der Waals surface area (Å²) in [5.41, 5.74) is 5.61. The zero-order valence-electron chi connectivity index (χ0n) is 19.3. The van der Waals surface area contributed by atoms with Crippen LogP contribution in [-0.4, -0.2) is 24.9 Å². The second kappa shape index (κ2) is 11.7. The van der Waals surface area contributed by atoms with Gasteiger partial charge in [-0.15, -0.1) is 0 Å². The molecule has 0 radical (unpaired) electrons. The van der Waals surface area contributed by atoms with Gasteiger partial charge in [0.25, 0.3) is 11.8 Å². The van der Waals surface area contributed by atoms with Crippen molar-refractivity contribution in [3.05, 3.63) is 131 Å². The summed E-state index contributed by atoms with van der Waals surface area (Å²) >= 11 is 0. The molecule has 4 aromatic carbocycles. The Morgan fingerprint density at radius 1 is 0.571 bits per heavy atom. The SMILES string of the molecule is O=C(NCCc1ccc(-c2cccc(CCNC(=O)c3ccccc3)c2)cc1)c1ccc(F)cc1. The lowest BCUT2D eigenvalue weighted by atomic mass is 10.00. The van der Waals surface area contributed by atoms with Crippen molar-refractivity contribution in [2.24, 2.45) is 0 Å². The summed E-state index contributed by atoms with van der Waals surface area (Å²) in [5, 5.41) is 5.84. The minimum Gasteiger partial charge on any atom is -0.352 e. The third kappa shape index (κ3) is 6.87. The fraction of sp³-hybridized carbons (Fsp3) is 0.133. The van der Waals surface area contributed by atoms with E-state index >= 15 is 0 Å². The molecule has 0 saturated heterocycles. The van der Waals surface area contributed by atoms with Crippen molar-refractivity contribution in [3.8, 4) is 11.1 Å². The molecule has 2 amide bonds. The topological polar surface area (TPSA) is 58.2 Å². The van der Waals surface area contributed by atoms with Gasteiger partial charge < -0.3 is 10.6 Å². The molecule has 4 nitrogen and oxygen atoms in total. The number of nitrogens with one attached hydrogen (secondary N) is 2. The molecule has 2 N–H and O–H groups in total. The molecule has 0 aromatic heterocycles. The van der Waals surface area contributed by atoms with Gasteiger partial charge in [-0.3, -0.25) is 9.59 Å². The van der Waals surface area contributed by atoms with Gasteiger partial charge in [0, 0.05) is 24.2 Å². The first-order valence-electron chi connectivity index (χ1n) is 11.6. The summed E-state index contributed by atoms with van der Waals surface area (Å²) in [4.78, 5) is 24.3. The average Bonchev–Trinajstić information content (AvgIpc) is 2.90. The summed E-state index contributed by atoms with van der Waals surface area (Å²) in [7, 11) is 0. The van der Waals surface area contributed by atoms with Crippen LogP contribution in [0, 0.1) is 5.82 Å². The number of rotatable bonds is 9. The zero-order chi connectivity index (χ0) is 24.5. The van der Waals surface area contributed by atoms with Crippen molar-refractivity contribution in [2.75, 3.05) is 13.1 Å². The monoisotopic (exact) mass is 466 g/mol. The van der Waals surface area contributed by atoms with Crippen molar-refractivity contribution in [1.82, 2.24) is 10.6 Å². The van der Waals surface area contributed by atoms with Gasteiger partial charge in [-0.2, -0.15) is 0 Å². The third-order valence-electron chi connectivity index (χ3n) is 5.76. The second-order valence-electron chi connectivity index (χ2n) is 8.28. The van der Waals surface area contributed by atoms with Crippen LogP contribution in [-0.2, 0) is 12.8 Å². The first kappa shape index (κ1) is 23.9. The summed E-state index contributed by atoms with van der Waals surface area (Å²) in [6, 6.07) is 31.3. The van der Waals surface area contributed by atoms with Gasteiger partial charge in [0.2, 0.25) is 0 Å². The highest BCUT2D eigenvalue weighted by Crippen LogP contribution is 2.21. The Bertz CT molecular complexity index is 1270. The van der Waals surface area contributed by atoms with E-state index in [0.29, 0.717) is 30.6 Å². The number of hydrogen-bond donors (Lipinski definition) is 2. The van der Waals surface area contributed by atoms with Crippen LogP contribution in [0.5, 0.6) is 0 Å². The predicted octanol–water partition coefficient (Wildman–Crippen LogP) is 5.44. The molecular formula is C30H27FN2O2. The zero-order valence-corrected chi connectivity index (χ0v) is 19.3. The molecular weight excluding hydrogens is 439 g/mol. The second-order valence-corrected chi connectivity index (χ2v) is 8.28. The van der Waals surface area contributed by atoms with Crippen LogP contribution in [0.4, 0.5) is 4.39 Å². The minimum atomic E-state index is -0.359. The highest BCUT2D eigenvalue weighted by atomic mass is 19.1. The molecule has 0 saturated carbocycles. The van der Waals surface area contributed by atoms with E-state index in [1.54, 1.807) is 12.1 Å². The Hall–Kier alpha value is -4.25. The van der Waals surface area contributed by atoms with E-state index < -0.39 is 0 Å². The molecule has 0 bridgehead atoms. The standard InChI is InChI=1S/C30H27FN2O2/c31-28-15-13-26(14-16-28)30(35)32-19-17-22-9-11-24(12-10-22)27-8-4-5-23(21-27)18-20-33-29(34)25-6-2-1-3-7-25/h1-16,21H,17-20H2,(H,32,35)(H,33,34). The molecule has 0 heterocycles. The van der Waals surface area contributed by atoms with Crippen molar-refractivity contribution in [2.45, 2.75) is 12.8 Å². The molecule has 0 aliphatic rings. The van der Waals surface area contributed by atoms with E-state index in [0.717, 1.165) is 28.7 Å². The molecule has 0 aliphatic heterocycles. The van der Waals surface area contributed by atoms with E-state index in [-0.39, 0.29) is 17.6 Å². The van der Waals surface area contributed by atoms with Gasteiger partial charge in [-0.05, 0) is 71.5 Å². The van der Waals surface area contributed by atoms with Crippen molar-refractivity contribution in [1.29, 1.82) is 0 Å². The molecule has 0 unspecified atom stereocenters. The molecule has 0 fully saturated rings. The third-order valence-corrected chi connectivity index (χ3v) is 5.76. The van der Waals surface area contributed by atoms with Crippen LogP contribution < -0.4 is 10.6 Å². The summed E-state index contributed by atoms with van der Waals surface area (Å²) in [6.45, 7) is 1.07. The number of carbonyl (C=O) groups excluding carboxylic acids is 2. The van der Waals surface area contributed by atoms with Crippen LogP contribution in [0.1, 0.15) is 31.8 Å². The Kier molecular flexibility index (Phi) is 8.02. The summed E-state index contributed by atoms with van der Waals surface area (Å²) in [6.07, 6.45) is 1.45. The first-order chi connectivity index (χ1) is 17.1. The lowest BCUT2D eigenvalue weighted by Crippen LogP contribution is -2.25. The molecule has 0 aliphatic carbocycles. The quantitative estimate of drug-likeness (QED) is 0.345. The van der Waals surface area contributed by atoms with E-state index in [1.807, 2.05) is 24.3 Å². The number of hydrogen-bond acceptors (Lipinski definition) is 2. The molecule has 4 rings (SSSR count). The largest absolute Gasteiger partial charge is 0.352 e. The Morgan fingerprint density at radius 3 is 1.83 bits per heavy atom. The molecule has 0 atom stereocenters. The number of amides is 2. The first-order valence-corrected chi connectivity index (χ1v) is 11.6. The fourth-order valence-electron chi connectivity index (χ4n) is 3.81. The molecule has 176 valence electrons. The highest BCUT2D eigenvalue weighted by Gasteiger charge is 2.06. The van der Waals surface area contributed by atoms with Crippen LogP contribution in [0.2, 0.25) is 0 Å². The highest BCUT2D eigenvalue weighted by molar-refractivity contribution is 5.94. The average molecular weight is 467 g/mol. The fourth-order valence-corrected chi connectivity index (χ4v) is 3.81. The molecule has 5 heteroatoms. The van der Waals surface area contributed by atoms with Gasteiger partial charge in [-0.1, -0.05) is 66.7 Å². The maximum atomic E-state index is 13.0. The Balaban J connectivity index is 1.27. The van der Waals surface area contributed by atoms with Gasteiger partial charge >= 0.3 is 0 Å². The van der Waals surface area contributed by atoms with Crippen molar-refractivity contribution < 1.29 is 14.0 Å². The molecule has 35 heavy (non-hydrogen) atoms. The van der Waals surface area contributed by atoms with Crippen molar-refractivity contribution >= 4 is 11.8 Å². The minimum absolute atomic E-state index is 0.0637. The normalized spacial score (nSPS) is 10.5. The van der Waals surface area contributed by atoms with Gasteiger partial charge in [0.1, 0.15) is 5.82 Å². The van der Waals surface area contributed by atoms with E-state index in [1.165, 1.54) is 24.3 Å². The van der Waals surface area contributed by atoms with Gasteiger partial charge in [0.15, 0.2) is 0 Å². The maximum absolute atomic E-state index is 13.0. The maximum Gasteiger partial charge on any atom is 0.251 e. The van der Waals surface area contributed by atoms with Crippen LogP contribution in [0.3, 0.4) is 0 Å². The van der Waals surface area contributed by atoms with Crippen LogP contribution in [0.25, 0.3) is 11.1 Å². The smallest absolute Gasteiger partial charge is 0.251 e. The number of benzene rings is 4. The lowest BCUT2D eigenvalue weighted by Gasteiger charge is -2.09. The van der Waals surface area contributed by atoms with E-state index in [4.69, 9.17) is 0 Å². The summed E-state index contributed by atoms with van der Waals surface area (Å²) < 4.78 is 13.0. The Labute approximate surface area is 204 Å². The lowest BCUT2D eigenvalue weighted by molar-refractivity contribution is 0.0946. The summed E-state index contributed by atoms with van der Waals surface area (Å²) in [5.74, 6) is -0.633. The van der Waals surface area contributed by atoms with Crippen LogP contribution in [0.15, 0.2) is 103 Å². The number of carbonyl (C=O) groups is 2. The van der Waals surface area contributed by atoms with Crippen molar-refractivity contribution in [3.63, 3.8) is 0 Å². The number of halogens is 1. The van der Waals surface area contributed by atoms with Gasteiger partial charge in [-0.25, -0.2) is 4.39 Å². The predicted molar refractivity (Wildman–Crippen MR) is 137 cm³/mol.